The molecule has 1 heterocycles. The minimum absolute atomic E-state index is 0.0870. The maximum absolute atomic E-state index is 11.8. The third kappa shape index (κ3) is 5.33. The fourth-order valence-electron chi connectivity index (χ4n) is 1.80. The van der Waals surface area contributed by atoms with Gasteiger partial charge in [0.1, 0.15) is 5.82 Å². The summed E-state index contributed by atoms with van der Waals surface area (Å²) in [6, 6.07) is 9.61. The molecule has 0 atom stereocenters. The van der Waals surface area contributed by atoms with E-state index in [9.17, 15) is 14.9 Å². The predicted octanol–water partition coefficient (Wildman–Crippen LogP) is 3.55. The molecule has 7 nitrogen and oxygen atoms in total. The summed E-state index contributed by atoms with van der Waals surface area (Å²) in [5.74, 6) is 0.483. The lowest BCUT2D eigenvalue weighted by Gasteiger charge is -2.07. The SMILES string of the molecule is O=C(CCCOc1ccccc1[N+](=O)[O-])Nc1ccc(Br)cn1. The first kappa shape index (κ1) is 16.9. The van der Waals surface area contributed by atoms with Crippen LogP contribution in [0.3, 0.4) is 0 Å². The molecule has 120 valence electrons. The third-order valence-corrected chi connectivity index (χ3v) is 3.33. The Kier molecular flexibility index (Phi) is 6.04. The molecule has 1 N–H and O–H groups in total. The average Bonchev–Trinajstić information content (AvgIpc) is 2.54. The molecule has 0 saturated heterocycles. The van der Waals surface area contributed by atoms with Crippen LogP contribution < -0.4 is 10.1 Å². The van der Waals surface area contributed by atoms with Gasteiger partial charge in [-0.2, -0.15) is 0 Å². The number of aromatic nitrogens is 1. The lowest BCUT2D eigenvalue weighted by molar-refractivity contribution is -0.385. The van der Waals surface area contributed by atoms with Gasteiger partial charge in [-0.15, -0.1) is 0 Å². The number of hydrogen-bond acceptors (Lipinski definition) is 5. The highest BCUT2D eigenvalue weighted by molar-refractivity contribution is 9.10. The van der Waals surface area contributed by atoms with Crippen LogP contribution in [0, 0.1) is 10.1 Å². The van der Waals surface area contributed by atoms with Crippen molar-refractivity contribution in [2.75, 3.05) is 11.9 Å². The van der Waals surface area contributed by atoms with Gasteiger partial charge in [-0.3, -0.25) is 14.9 Å². The van der Waals surface area contributed by atoms with E-state index < -0.39 is 4.92 Å². The molecule has 8 heteroatoms. The number of rotatable bonds is 7. The fourth-order valence-corrected chi connectivity index (χ4v) is 2.03. The number of pyridine rings is 1. The monoisotopic (exact) mass is 379 g/mol. The zero-order valence-corrected chi connectivity index (χ0v) is 13.7. The largest absolute Gasteiger partial charge is 0.487 e. The van der Waals surface area contributed by atoms with Crippen LogP contribution in [0.2, 0.25) is 0 Å². The number of hydrogen-bond donors (Lipinski definition) is 1. The quantitative estimate of drug-likeness (QED) is 0.450. The molecule has 0 saturated carbocycles. The first-order chi connectivity index (χ1) is 11.1. The highest BCUT2D eigenvalue weighted by Crippen LogP contribution is 2.25. The summed E-state index contributed by atoms with van der Waals surface area (Å²) in [4.78, 5) is 26.1. The van der Waals surface area contributed by atoms with Crippen LogP contribution in [0.4, 0.5) is 11.5 Å². The summed E-state index contributed by atoms with van der Waals surface area (Å²) in [6.45, 7) is 0.214. The summed E-state index contributed by atoms with van der Waals surface area (Å²) in [6.07, 6.45) is 2.26. The van der Waals surface area contributed by atoms with Crippen LogP contribution in [0.5, 0.6) is 5.75 Å². The molecular formula is C15H14BrN3O4. The molecule has 0 aliphatic heterocycles. The number of halogens is 1. The maximum atomic E-state index is 11.8. The van der Waals surface area contributed by atoms with Gasteiger partial charge in [0.2, 0.25) is 5.91 Å². The number of ether oxygens (including phenoxy) is 1. The number of para-hydroxylation sites is 2. The van der Waals surface area contributed by atoms with Gasteiger partial charge in [-0.05, 0) is 40.5 Å². The van der Waals surface area contributed by atoms with E-state index in [1.165, 1.54) is 12.1 Å². The van der Waals surface area contributed by atoms with Crippen molar-refractivity contribution in [2.45, 2.75) is 12.8 Å². The number of benzene rings is 1. The molecule has 0 aliphatic carbocycles. The number of nitro groups is 1. The first-order valence-electron chi connectivity index (χ1n) is 6.84. The van der Waals surface area contributed by atoms with Crippen LogP contribution in [0.15, 0.2) is 47.1 Å². The second-order valence-electron chi connectivity index (χ2n) is 4.59. The van der Waals surface area contributed by atoms with Gasteiger partial charge < -0.3 is 10.1 Å². The van der Waals surface area contributed by atoms with Crippen LogP contribution in [0.1, 0.15) is 12.8 Å². The Balaban J connectivity index is 1.76. The van der Waals surface area contributed by atoms with Crippen LogP contribution in [-0.4, -0.2) is 22.4 Å². The van der Waals surface area contributed by atoms with E-state index in [1.54, 1.807) is 30.5 Å². The second-order valence-corrected chi connectivity index (χ2v) is 5.50. The molecule has 0 bridgehead atoms. The Morgan fingerprint density at radius 1 is 1.30 bits per heavy atom. The molecule has 0 aliphatic rings. The van der Waals surface area contributed by atoms with Crippen molar-refractivity contribution in [1.29, 1.82) is 0 Å². The predicted molar refractivity (Wildman–Crippen MR) is 88.4 cm³/mol. The number of carbonyl (C=O) groups excluding carboxylic acids is 1. The average molecular weight is 380 g/mol. The number of anilines is 1. The molecule has 0 spiro atoms. The number of nitrogens with zero attached hydrogens (tertiary/aromatic N) is 2. The topological polar surface area (TPSA) is 94.4 Å². The van der Waals surface area contributed by atoms with Gasteiger partial charge in [-0.1, -0.05) is 12.1 Å². The van der Waals surface area contributed by atoms with Crippen molar-refractivity contribution in [1.82, 2.24) is 4.98 Å². The van der Waals surface area contributed by atoms with Crippen molar-refractivity contribution in [3.63, 3.8) is 0 Å². The Morgan fingerprint density at radius 2 is 2.09 bits per heavy atom. The zero-order chi connectivity index (χ0) is 16.7. The molecule has 0 radical (unpaired) electrons. The number of carbonyl (C=O) groups is 1. The van der Waals surface area contributed by atoms with Gasteiger partial charge in [0.15, 0.2) is 5.75 Å². The van der Waals surface area contributed by atoms with E-state index in [-0.39, 0.29) is 30.4 Å². The van der Waals surface area contributed by atoms with E-state index in [1.807, 2.05) is 0 Å². The molecule has 2 aromatic rings. The van der Waals surface area contributed by atoms with E-state index in [0.29, 0.717) is 12.2 Å². The molecule has 23 heavy (non-hydrogen) atoms. The Bertz CT molecular complexity index is 691. The van der Waals surface area contributed by atoms with E-state index in [2.05, 4.69) is 26.2 Å². The van der Waals surface area contributed by atoms with Crippen molar-refractivity contribution >= 4 is 33.3 Å². The molecule has 2 rings (SSSR count). The fraction of sp³-hybridized carbons (Fsp3) is 0.200. The van der Waals surface area contributed by atoms with Crippen LogP contribution >= 0.6 is 15.9 Å². The number of nitrogens with one attached hydrogen (secondary N) is 1. The Morgan fingerprint density at radius 3 is 2.78 bits per heavy atom. The molecule has 0 fully saturated rings. The highest BCUT2D eigenvalue weighted by atomic mass is 79.9. The molecule has 0 unspecified atom stereocenters. The number of amides is 1. The first-order valence-corrected chi connectivity index (χ1v) is 7.63. The lowest BCUT2D eigenvalue weighted by Crippen LogP contribution is -2.13. The van der Waals surface area contributed by atoms with Crippen LogP contribution in [-0.2, 0) is 4.79 Å². The van der Waals surface area contributed by atoms with Crippen molar-refractivity contribution in [3.05, 3.63) is 57.2 Å². The number of nitro benzene ring substituents is 1. The van der Waals surface area contributed by atoms with Gasteiger partial charge >= 0.3 is 5.69 Å². The van der Waals surface area contributed by atoms with Crippen molar-refractivity contribution in [3.8, 4) is 5.75 Å². The molecule has 1 aromatic carbocycles. The standard InChI is InChI=1S/C15H14BrN3O4/c16-11-7-8-14(17-10-11)18-15(20)6-3-9-23-13-5-2-1-4-12(13)19(21)22/h1-2,4-5,7-8,10H,3,6,9H2,(H,17,18,20). The normalized spacial score (nSPS) is 10.1. The van der Waals surface area contributed by atoms with Gasteiger partial charge in [-0.25, -0.2) is 4.98 Å². The third-order valence-electron chi connectivity index (χ3n) is 2.86. The summed E-state index contributed by atoms with van der Waals surface area (Å²) in [5.41, 5.74) is -0.0870. The molecule has 1 amide bonds. The van der Waals surface area contributed by atoms with Gasteiger partial charge in [0, 0.05) is 23.2 Å². The zero-order valence-electron chi connectivity index (χ0n) is 12.1. The summed E-state index contributed by atoms with van der Waals surface area (Å²) >= 11 is 3.26. The van der Waals surface area contributed by atoms with E-state index >= 15 is 0 Å². The Hall–Kier alpha value is -2.48. The van der Waals surface area contributed by atoms with E-state index in [0.717, 1.165) is 4.47 Å². The highest BCUT2D eigenvalue weighted by Gasteiger charge is 2.13. The van der Waals surface area contributed by atoms with Gasteiger partial charge in [0.25, 0.3) is 0 Å². The minimum atomic E-state index is -0.499. The van der Waals surface area contributed by atoms with E-state index in [4.69, 9.17) is 4.74 Å². The van der Waals surface area contributed by atoms with Crippen LogP contribution in [0.25, 0.3) is 0 Å². The Labute approximate surface area is 141 Å². The van der Waals surface area contributed by atoms with Crippen molar-refractivity contribution in [2.24, 2.45) is 0 Å². The smallest absolute Gasteiger partial charge is 0.310 e. The molecular weight excluding hydrogens is 366 g/mol. The summed E-state index contributed by atoms with van der Waals surface area (Å²) in [5, 5.41) is 13.5. The van der Waals surface area contributed by atoms with Gasteiger partial charge in [0.05, 0.1) is 11.5 Å². The molecule has 1 aromatic heterocycles. The summed E-state index contributed by atoms with van der Waals surface area (Å²) in [7, 11) is 0. The maximum Gasteiger partial charge on any atom is 0.310 e. The minimum Gasteiger partial charge on any atom is -0.487 e. The van der Waals surface area contributed by atoms with Crippen molar-refractivity contribution < 1.29 is 14.5 Å². The summed E-state index contributed by atoms with van der Waals surface area (Å²) < 4.78 is 6.20. The second kappa shape index (κ2) is 8.23. The lowest BCUT2D eigenvalue weighted by atomic mass is 10.3.